The minimum atomic E-state index is -0.948. The molecule has 5 N–H and O–H groups in total. The van der Waals surface area contributed by atoms with Crippen molar-refractivity contribution in [3.63, 3.8) is 0 Å². The molecule has 0 fully saturated rings. The molecular weight excluding hydrogens is 378 g/mol. The fraction of sp³-hybridized carbons (Fsp3) is 0.111. The molecule has 0 saturated carbocycles. The second kappa shape index (κ2) is 8.61. The number of benzene rings is 2. The van der Waals surface area contributed by atoms with Gasteiger partial charge in [0.15, 0.2) is 0 Å². The molecule has 0 spiro atoms. The van der Waals surface area contributed by atoms with Crippen LogP contribution in [-0.2, 0) is 9.59 Å². The van der Waals surface area contributed by atoms with Crippen LogP contribution in [0, 0.1) is 10.1 Å². The minimum absolute atomic E-state index is 0.00377. The normalized spacial score (nSPS) is 16.0. The van der Waals surface area contributed by atoms with Crippen LogP contribution in [-0.4, -0.2) is 34.7 Å². The van der Waals surface area contributed by atoms with Gasteiger partial charge in [0.25, 0.3) is 11.6 Å². The van der Waals surface area contributed by atoms with Crippen LogP contribution in [0.3, 0.4) is 0 Å². The molecule has 0 radical (unpaired) electrons. The van der Waals surface area contributed by atoms with Crippen molar-refractivity contribution in [2.75, 3.05) is 10.6 Å². The van der Waals surface area contributed by atoms with Gasteiger partial charge in [-0.1, -0.05) is 18.2 Å². The molecule has 11 heteroatoms. The van der Waals surface area contributed by atoms with E-state index in [2.05, 4.69) is 25.9 Å². The Morgan fingerprint density at radius 3 is 2.45 bits per heavy atom. The lowest BCUT2D eigenvalue weighted by Gasteiger charge is -2.06. The second-order valence-electron chi connectivity index (χ2n) is 6.00. The number of para-hydroxylation sites is 1. The van der Waals surface area contributed by atoms with Crippen molar-refractivity contribution in [1.82, 2.24) is 5.32 Å². The van der Waals surface area contributed by atoms with Crippen LogP contribution in [0.15, 0.2) is 64.6 Å². The topological polar surface area (TPSA) is 164 Å². The largest absolute Gasteiger partial charge is 0.369 e. The molecule has 1 heterocycles. The maximum atomic E-state index is 12.1. The van der Waals surface area contributed by atoms with Crippen LogP contribution in [0.25, 0.3) is 0 Å². The van der Waals surface area contributed by atoms with Gasteiger partial charge in [-0.2, -0.15) is 4.99 Å². The fourth-order valence-electron chi connectivity index (χ4n) is 2.49. The molecule has 1 unspecified atom stereocenters. The van der Waals surface area contributed by atoms with Crippen molar-refractivity contribution in [3.05, 3.63) is 64.7 Å². The summed E-state index contributed by atoms with van der Waals surface area (Å²) < 4.78 is 0. The summed E-state index contributed by atoms with van der Waals surface area (Å²) in [4.78, 5) is 42.3. The first-order valence-electron chi connectivity index (χ1n) is 8.50. The maximum absolute atomic E-state index is 12.1. The third-order valence-corrected chi connectivity index (χ3v) is 3.83. The Morgan fingerprint density at radius 2 is 1.79 bits per heavy atom. The number of nitrogens with one attached hydrogen (secondary N) is 3. The highest BCUT2D eigenvalue weighted by Crippen LogP contribution is 2.16. The molecule has 29 heavy (non-hydrogen) atoms. The van der Waals surface area contributed by atoms with Crippen molar-refractivity contribution < 1.29 is 14.5 Å². The van der Waals surface area contributed by atoms with Gasteiger partial charge >= 0.3 is 0 Å². The number of anilines is 2. The number of nitrogens with two attached hydrogens (primary N) is 1. The zero-order valence-corrected chi connectivity index (χ0v) is 15.0. The smallest absolute Gasteiger partial charge is 0.269 e. The first kappa shape index (κ1) is 19.5. The van der Waals surface area contributed by atoms with Crippen molar-refractivity contribution >= 4 is 40.8 Å². The maximum Gasteiger partial charge on any atom is 0.269 e. The third kappa shape index (κ3) is 5.35. The van der Waals surface area contributed by atoms with Crippen LogP contribution >= 0.6 is 0 Å². The van der Waals surface area contributed by atoms with Crippen LogP contribution in [0.4, 0.5) is 17.1 Å². The van der Waals surface area contributed by atoms with E-state index in [4.69, 9.17) is 5.73 Å². The van der Waals surface area contributed by atoms with Gasteiger partial charge in [0.2, 0.25) is 17.8 Å². The van der Waals surface area contributed by atoms with Gasteiger partial charge in [-0.15, -0.1) is 0 Å². The Labute approximate surface area is 164 Å². The Kier molecular flexibility index (Phi) is 5.78. The number of rotatable bonds is 5. The zero-order chi connectivity index (χ0) is 20.8. The molecule has 0 aliphatic carbocycles. The number of nitro groups is 1. The molecule has 0 aromatic heterocycles. The van der Waals surface area contributed by atoms with E-state index in [-0.39, 0.29) is 24.0 Å². The van der Waals surface area contributed by atoms with Gasteiger partial charge < -0.3 is 16.4 Å². The summed E-state index contributed by atoms with van der Waals surface area (Å²) in [5.41, 5.74) is 6.79. The molecule has 2 amide bonds. The molecule has 2 aromatic rings. The molecular formula is C18H17N7O4. The number of hydrogen-bond donors (Lipinski definition) is 4. The number of hydrogen-bond acceptors (Lipinski definition) is 6. The van der Waals surface area contributed by atoms with E-state index in [0.717, 1.165) is 5.69 Å². The van der Waals surface area contributed by atoms with Gasteiger partial charge in [0.1, 0.15) is 6.04 Å². The SMILES string of the molecule is N/C(=N\C1=NC(CC(=O)Nc2ccc([N+](=O)[O-])cc2)C(=O)N1)Nc1ccccc1. The summed E-state index contributed by atoms with van der Waals surface area (Å²) in [7, 11) is 0. The van der Waals surface area contributed by atoms with Gasteiger partial charge in [0, 0.05) is 23.5 Å². The highest BCUT2D eigenvalue weighted by molar-refractivity contribution is 6.11. The van der Waals surface area contributed by atoms with E-state index < -0.39 is 22.8 Å². The van der Waals surface area contributed by atoms with E-state index in [9.17, 15) is 19.7 Å². The number of carbonyl (C=O) groups excluding carboxylic acids is 2. The van der Waals surface area contributed by atoms with Gasteiger partial charge in [-0.05, 0) is 24.3 Å². The van der Waals surface area contributed by atoms with Crippen LogP contribution in [0.2, 0.25) is 0 Å². The molecule has 1 atom stereocenters. The molecule has 3 rings (SSSR count). The number of aliphatic imine (C=N–C) groups is 2. The number of nitro benzene ring substituents is 1. The fourth-order valence-corrected chi connectivity index (χ4v) is 2.49. The summed E-state index contributed by atoms with van der Waals surface area (Å²) in [6.07, 6.45) is -0.214. The van der Waals surface area contributed by atoms with E-state index in [1.54, 1.807) is 12.1 Å². The van der Waals surface area contributed by atoms with Crippen molar-refractivity contribution in [2.45, 2.75) is 12.5 Å². The number of nitrogens with zero attached hydrogens (tertiary/aromatic N) is 3. The molecule has 1 aliphatic rings. The number of amides is 2. The zero-order valence-electron chi connectivity index (χ0n) is 15.0. The average molecular weight is 395 g/mol. The summed E-state index contributed by atoms with van der Waals surface area (Å²) >= 11 is 0. The first-order valence-corrected chi connectivity index (χ1v) is 8.50. The number of carbonyl (C=O) groups is 2. The van der Waals surface area contributed by atoms with Crippen LogP contribution < -0.4 is 21.7 Å². The van der Waals surface area contributed by atoms with Gasteiger partial charge in [-0.3, -0.25) is 25.0 Å². The predicted molar refractivity (Wildman–Crippen MR) is 107 cm³/mol. The standard InChI is InChI=1S/C18H17N7O4/c19-17(21-11-4-2-1-3-5-11)24-18-22-14(16(27)23-18)10-15(26)20-12-6-8-13(9-7-12)25(28)29/h1-9,14H,10H2,(H,20,26)(H4,19,21,22,23,24,27). The molecule has 148 valence electrons. The summed E-state index contributed by atoms with van der Waals surface area (Å²) in [5, 5.41) is 18.5. The molecule has 11 nitrogen and oxygen atoms in total. The number of guanidine groups is 2. The van der Waals surface area contributed by atoms with Crippen molar-refractivity contribution in [3.8, 4) is 0 Å². The molecule has 2 aromatic carbocycles. The van der Waals surface area contributed by atoms with E-state index in [1.165, 1.54) is 24.3 Å². The summed E-state index contributed by atoms with van der Waals surface area (Å²) in [6.45, 7) is 0. The van der Waals surface area contributed by atoms with Crippen LogP contribution in [0.5, 0.6) is 0 Å². The highest BCUT2D eigenvalue weighted by atomic mass is 16.6. The Hall–Kier alpha value is -4.28. The quantitative estimate of drug-likeness (QED) is 0.257. The monoisotopic (exact) mass is 395 g/mol. The second-order valence-corrected chi connectivity index (χ2v) is 6.00. The highest BCUT2D eigenvalue weighted by Gasteiger charge is 2.28. The van der Waals surface area contributed by atoms with Gasteiger partial charge in [0.05, 0.1) is 11.3 Å². The van der Waals surface area contributed by atoms with E-state index in [1.807, 2.05) is 18.2 Å². The first-order chi connectivity index (χ1) is 13.9. The minimum Gasteiger partial charge on any atom is -0.369 e. The lowest BCUT2D eigenvalue weighted by atomic mass is 10.2. The summed E-state index contributed by atoms with van der Waals surface area (Å²) in [5.74, 6) is -0.909. The van der Waals surface area contributed by atoms with E-state index >= 15 is 0 Å². The molecule has 1 aliphatic heterocycles. The lowest BCUT2D eigenvalue weighted by molar-refractivity contribution is -0.384. The Bertz CT molecular complexity index is 987. The third-order valence-electron chi connectivity index (χ3n) is 3.83. The van der Waals surface area contributed by atoms with Crippen LogP contribution in [0.1, 0.15) is 6.42 Å². The Morgan fingerprint density at radius 1 is 1.14 bits per heavy atom. The predicted octanol–water partition coefficient (Wildman–Crippen LogP) is 1.20. The number of non-ortho nitro benzene ring substituents is 1. The van der Waals surface area contributed by atoms with Crippen molar-refractivity contribution in [1.29, 1.82) is 0 Å². The lowest BCUT2D eigenvalue weighted by Crippen LogP contribution is -2.32. The average Bonchev–Trinajstić information content (AvgIpc) is 3.01. The molecule has 0 bridgehead atoms. The molecule has 0 saturated heterocycles. The van der Waals surface area contributed by atoms with Crippen molar-refractivity contribution in [2.24, 2.45) is 15.7 Å². The van der Waals surface area contributed by atoms with Gasteiger partial charge in [-0.25, -0.2) is 4.99 Å². The summed E-state index contributed by atoms with van der Waals surface area (Å²) in [6, 6.07) is 13.5. The Balaban J connectivity index is 1.58. The van der Waals surface area contributed by atoms with E-state index in [0.29, 0.717) is 5.69 Å².